The number of hydrogen-bond acceptors (Lipinski definition) is 15. The summed E-state index contributed by atoms with van der Waals surface area (Å²) in [5.74, 6) is 1.00. The average molecular weight is 814 g/mol. The van der Waals surface area contributed by atoms with Gasteiger partial charge in [-0.15, -0.1) is 0 Å². The molecule has 0 aromatic heterocycles. The molecule has 2 aliphatic heterocycles. The Labute approximate surface area is 332 Å². The highest BCUT2D eigenvalue weighted by Crippen LogP contribution is 2.33. The normalized spacial score (nSPS) is 17.8. The van der Waals surface area contributed by atoms with Gasteiger partial charge in [0, 0.05) is 30.6 Å². The third-order valence-corrected chi connectivity index (χ3v) is 9.60. The molecule has 3 atom stereocenters. The molecule has 3 N–H and O–H groups in total. The van der Waals surface area contributed by atoms with Crippen LogP contribution in [-0.2, 0) is 61.6 Å². The van der Waals surface area contributed by atoms with Crippen LogP contribution in [0.2, 0.25) is 0 Å². The Balaban J connectivity index is 1.14. The summed E-state index contributed by atoms with van der Waals surface area (Å²) in [4.78, 5) is 23.5. The van der Waals surface area contributed by atoms with E-state index < -0.39 is 0 Å². The number of nitrogens with one attached hydrogen (secondary N) is 3. The number of amides is 3. The molecule has 0 aromatic rings. The molecular formula is C37H71N3O14S. The maximum atomic E-state index is 12.0. The van der Waals surface area contributed by atoms with Gasteiger partial charge in [-0.05, 0) is 19.3 Å². The lowest BCUT2D eigenvalue weighted by Crippen LogP contribution is -2.36. The zero-order chi connectivity index (χ0) is 39.1. The highest BCUT2D eigenvalue weighted by molar-refractivity contribution is 8.00. The predicted octanol–water partition coefficient (Wildman–Crippen LogP) is 1.44. The van der Waals surface area contributed by atoms with Crippen LogP contribution in [0.5, 0.6) is 0 Å². The van der Waals surface area contributed by atoms with Gasteiger partial charge in [-0.2, -0.15) is 11.8 Å². The van der Waals surface area contributed by atoms with E-state index in [2.05, 4.69) is 22.9 Å². The molecule has 0 aliphatic carbocycles. The number of unbranched alkanes of at least 4 members (excludes halogenated alkanes) is 1. The molecule has 0 bridgehead atoms. The maximum Gasteiger partial charge on any atom is 0.315 e. The highest BCUT2D eigenvalue weighted by atomic mass is 32.2. The van der Waals surface area contributed by atoms with Crippen molar-refractivity contribution in [1.82, 2.24) is 16.0 Å². The van der Waals surface area contributed by atoms with Crippen LogP contribution in [-0.4, -0.2) is 200 Å². The molecule has 0 spiro atoms. The first-order chi connectivity index (χ1) is 27.2. The van der Waals surface area contributed by atoms with Gasteiger partial charge in [0.15, 0.2) is 0 Å². The summed E-state index contributed by atoms with van der Waals surface area (Å²) in [6, 6.07) is 0.407. The van der Waals surface area contributed by atoms with Crippen molar-refractivity contribution in [3.05, 3.63) is 0 Å². The van der Waals surface area contributed by atoms with E-state index in [1.54, 1.807) is 0 Å². The van der Waals surface area contributed by atoms with Gasteiger partial charge in [0.05, 0.1) is 164 Å². The van der Waals surface area contributed by atoms with Crippen LogP contribution in [0.4, 0.5) is 4.79 Å². The van der Waals surface area contributed by atoms with Gasteiger partial charge in [0.2, 0.25) is 5.91 Å². The quantitative estimate of drug-likeness (QED) is 0.0594. The third-order valence-electron chi connectivity index (χ3n) is 8.09. The molecule has 0 radical (unpaired) electrons. The number of urea groups is 1. The number of carbonyl (C=O) groups excluding carboxylic acids is 2. The smallest absolute Gasteiger partial charge is 0.315 e. The van der Waals surface area contributed by atoms with Crippen LogP contribution in [0.1, 0.15) is 39.0 Å². The third kappa shape index (κ3) is 30.4. The topological polar surface area (TPSA) is 181 Å². The molecule has 17 nitrogen and oxygen atoms in total. The van der Waals surface area contributed by atoms with E-state index in [0.717, 1.165) is 38.0 Å². The Hall–Kier alpha value is -1.39. The molecule has 55 heavy (non-hydrogen) atoms. The number of rotatable bonds is 43. The van der Waals surface area contributed by atoms with Crippen molar-refractivity contribution < 1.29 is 66.4 Å². The van der Waals surface area contributed by atoms with Crippen molar-refractivity contribution in [2.24, 2.45) is 0 Å². The fraction of sp³-hybridized carbons (Fsp3) is 0.946. The summed E-state index contributed by atoms with van der Waals surface area (Å²) in [5, 5.41) is 9.29. The fourth-order valence-electron chi connectivity index (χ4n) is 5.29. The number of thioether (sulfide) groups is 1. The largest absolute Gasteiger partial charge is 0.379 e. The molecule has 2 saturated heterocycles. The number of ether oxygens (including phenoxy) is 12. The first kappa shape index (κ1) is 49.8. The molecule has 3 amide bonds. The van der Waals surface area contributed by atoms with Gasteiger partial charge >= 0.3 is 6.03 Å². The van der Waals surface area contributed by atoms with Crippen LogP contribution in [0.25, 0.3) is 0 Å². The molecule has 324 valence electrons. The molecule has 2 fully saturated rings. The Morgan fingerprint density at radius 3 is 1.29 bits per heavy atom. The average Bonchev–Trinajstić information content (AvgIpc) is 3.75. The van der Waals surface area contributed by atoms with Crippen molar-refractivity contribution >= 4 is 23.7 Å². The van der Waals surface area contributed by atoms with Gasteiger partial charge in [-0.3, -0.25) is 4.79 Å². The summed E-state index contributed by atoms with van der Waals surface area (Å²) >= 11 is 1.90. The van der Waals surface area contributed by atoms with Crippen molar-refractivity contribution in [3.8, 4) is 0 Å². The monoisotopic (exact) mass is 813 g/mol. The van der Waals surface area contributed by atoms with Gasteiger partial charge in [-0.1, -0.05) is 13.3 Å². The number of carbonyl (C=O) groups is 2. The van der Waals surface area contributed by atoms with E-state index in [9.17, 15) is 9.59 Å². The second-order valence-corrected chi connectivity index (χ2v) is 13.8. The molecule has 0 aromatic carbocycles. The molecule has 2 aliphatic rings. The van der Waals surface area contributed by atoms with Crippen LogP contribution < -0.4 is 16.0 Å². The molecule has 2 heterocycles. The van der Waals surface area contributed by atoms with E-state index >= 15 is 0 Å². The Kier molecular flexibility index (Phi) is 34.5. The lowest BCUT2D eigenvalue weighted by atomic mass is 10.0. The lowest BCUT2D eigenvalue weighted by Gasteiger charge is -2.16. The second kappa shape index (κ2) is 38.1. The molecule has 18 heteroatoms. The Bertz CT molecular complexity index is 887. The Morgan fingerprint density at radius 1 is 0.545 bits per heavy atom. The Morgan fingerprint density at radius 2 is 0.909 bits per heavy atom. The zero-order valence-electron chi connectivity index (χ0n) is 33.3. The van der Waals surface area contributed by atoms with E-state index in [1.807, 2.05) is 11.8 Å². The fourth-order valence-corrected chi connectivity index (χ4v) is 6.83. The number of hydrogen-bond donors (Lipinski definition) is 3. The van der Waals surface area contributed by atoms with Crippen molar-refractivity contribution in [2.45, 2.75) is 56.4 Å². The van der Waals surface area contributed by atoms with Gasteiger partial charge in [0.25, 0.3) is 0 Å². The lowest BCUT2D eigenvalue weighted by molar-refractivity contribution is -0.121. The molecule has 0 saturated carbocycles. The van der Waals surface area contributed by atoms with Crippen LogP contribution in [0.3, 0.4) is 0 Å². The summed E-state index contributed by atoms with van der Waals surface area (Å²) in [6.07, 6.45) is 4.36. The van der Waals surface area contributed by atoms with Gasteiger partial charge in [-0.25, -0.2) is 4.79 Å². The molecular weight excluding hydrogens is 742 g/mol. The summed E-state index contributed by atoms with van der Waals surface area (Å²) in [7, 11) is 0. The standard InChI is InChI=1S/C37H71N3O14S/c1-2-8-43-10-12-45-14-16-47-18-20-49-22-24-51-26-28-53-30-31-54-29-27-52-25-23-50-21-19-48-17-15-46-13-11-44-9-7-38-35(41)6-4-3-5-34-36-33(32-55-34)39-37(42)40-36/h33-34,36H,2-32H2,1H3,(H,38,41)(H2,39,40,42)/t33-,34-,36-/m0/s1. The molecule has 2 rings (SSSR count). The zero-order valence-corrected chi connectivity index (χ0v) is 34.1. The predicted molar refractivity (Wildman–Crippen MR) is 207 cm³/mol. The second-order valence-electron chi connectivity index (χ2n) is 12.6. The van der Waals surface area contributed by atoms with Crippen LogP contribution >= 0.6 is 11.8 Å². The maximum absolute atomic E-state index is 12.0. The van der Waals surface area contributed by atoms with E-state index in [4.69, 9.17) is 56.8 Å². The summed E-state index contributed by atoms with van der Waals surface area (Å²) < 4.78 is 65.6. The van der Waals surface area contributed by atoms with Crippen molar-refractivity contribution in [1.29, 1.82) is 0 Å². The summed E-state index contributed by atoms with van der Waals surface area (Å²) in [6.45, 7) is 15.1. The minimum atomic E-state index is -0.0604. The first-order valence-electron chi connectivity index (χ1n) is 20.1. The summed E-state index contributed by atoms with van der Waals surface area (Å²) in [5.41, 5.74) is 0. The van der Waals surface area contributed by atoms with Crippen molar-refractivity contribution in [3.63, 3.8) is 0 Å². The molecule has 0 unspecified atom stereocenters. The van der Waals surface area contributed by atoms with E-state index in [1.165, 1.54) is 0 Å². The highest BCUT2D eigenvalue weighted by Gasteiger charge is 2.42. The minimum absolute atomic E-state index is 0.0436. The van der Waals surface area contributed by atoms with Gasteiger partial charge < -0.3 is 72.8 Å². The number of fused-ring (bicyclic) bond motifs is 1. The van der Waals surface area contributed by atoms with E-state index in [-0.39, 0.29) is 24.0 Å². The van der Waals surface area contributed by atoms with Crippen LogP contribution in [0.15, 0.2) is 0 Å². The van der Waals surface area contributed by atoms with Gasteiger partial charge in [0.1, 0.15) is 0 Å². The van der Waals surface area contributed by atoms with Crippen molar-refractivity contribution in [2.75, 3.05) is 171 Å². The van der Waals surface area contributed by atoms with E-state index in [0.29, 0.717) is 170 Å². The minimum Gasteiger partial charge on any atom is -0.379 e. The SMILES string of the molecule is CCCOCCOCCOCCOCCOCCOCCOCCOCCOCCOCCOCCOCCNC(=O)CCCC[C@@H]1SC[C@@H]2NC(=O)N[C@@H]21. The van der Waals surface area contributed by atoms with Crippen LogP contribution in [0, 0.1) is 0 Å². The first-order valence-corrected chi connectivity index (χ1v) is 21.1.